The summed E-state index contributed by atoms with van der Waals surface area (Å²) in [7, 11) is 0. The zero-order valence-electron chi connectivity index (χ0n) is 11.1. The Labute approximate surface area is 113 Å². The van der Waals surface area contributed by atoms with Gasteiger partial charge in [0.25, 0.3) is 0 Å². The number of hydrogen-bond acceptors (Lipinski definition) is 2. The zero-order chi connectivity index (χ0) is 13.7. The molecule has 0 heterocycles. The fraction of sp³-hybridized carbons (Fsp3) is 0.500. The van der Waals surface area contributed by atoms with Crippen LogP contribution in [0.25, 0.3) is 0 Å². The Morgan fingerprint density at radius 1 is 1.39 bits per heavy atom. The molecular weight excluding hydrogens is 250 g/mol. The summed E-state index contributed by atoms with van der Waals surface area (Å²) < 4.78 is 0. The zero-order valence-corrected chi connectivity index (χ0v) is 11.9. The molecular formula is C14H20ClNO2. The van der Waals surface area contributed by atoms with Crippen molar-refractivity contribution in [1.82, 2.24) is 4.90 Å². The van der Waals surface area contributed by atoms with E-state index in [4.69, 9.17) is 11.6 Å². The molecule has 1 N–H and O–H groups in total. The number of aryl methyl sites for hydroxylation is 1. The van der Waals surface area contributed by atoms with E-state index in [1.807, 2.05) is 43.9 Å². The van der Waals surface area contributed by atoms with Crippen molar-refractivity contribution in [3.05, 3.63) is 34.3 Å². The summed E-state index contributed by atoms with van der Waals surface area (Å²) >= 11 is 5.97. The molecule has 0 aliphatic heterocycles. The van der Waals surface area contributed by atoms with Crippen LogP contribution in [0.15, 0.2) is 18.2 Å². The Balaban J connectivity index is 2.96. The number of rotatable bonds is 6. The van der Waals surface area contributed by atoms with Crippen LogP contribution in [0.4, 0.5) is 0 Å². The van der Waals surface area contributed by atoms with Gasteiger partial charge >= 0.3 is 5.97 Å². The normalized spacial score (nSPS) is 12.7. The summed E-state index contributed by atoms with van der Waals surface area (Å²) in [5.41, 5.74) is 2.08. The monoisotopic (exact) mass is 269 g/mol. The van der Waals surface area contributed by atoms with Gasteiger partial charge in [-0.25, -0.2) is 0 Å². The Morgan fingerprint density at radius 3 is 2.50 bits per heavy atom. The minimum Gasteiger partial charge on any atom is -0.480 e. The third-order valence-electron chi connectivity index (χ3n) is 3.26. The van der Waals surface area contributed by atoms with E-state index in [1.165, 1.54) is 0 Å². The second-order valence-corrected chi connectivity index (χ2v) is 4.79. The summed E-state index contributed by atoms with van der Waals surface area (Å²) in [6.45, 7) is 7.39. The van der Waals surface area contributed by atoms with Crippen LogP contribution in [-0.4, -0.2) is 35.1 Å². The minimum absolute atomic E-state index is 0.489. The van der Waals surface area contributed by atoms with Crippen molar-refractivity contribution < 1.29 is 9.90 Å². The molecule has 1 aromatic carbocycles. The van der Waals surface area contributed by atoms with Crippen molar-refractivity contribution in [2.75, 3.05) is 13.1 Å². The van der Waals surface area contributed by atoms with Gasteiger partial charge in [-0.15, -0.1) is 0 Å². The van der Waals surface area contributed by atoms with E-state index in [0.717, 1.165) is 24.2 Å². The summed E-state index contributed by atoms with van der Waals surface area (Å²) in [5, 5.41) is 10.0. The number of aliphatic carboxylic acids is 1. The summed E-state index contributed by atoms with van der Waals surface area (Å²) in [6, 6.07) is 5.13. The average Bonchev–Trinajstić information content (AvgIpc) is 2.33. The molecule has 0 saturated carbocycles. The number of likely N-dealkylation sites (N-methyl/N-ethyl adjacent to an activating group) is 1. The first-order valence-corrected chi connectivity index (χ1v) is 6.59. The van der Waals surface area contributed by atoms with Crippen LogP contribution < -0.4 is 0 Å². The molecule has 0 aliphatic carbocycles. The maximum absolute atomic E-state index is 11.4. The minimum atomic E-state index is -0.780. The van der Waals surface area contributed by atoms with E-state index in [1.54, 1.807) is 0 Å². The number of nitrogens with zero attached hydrogens (tertiary/aromatic N) is 1. The van der Waals surface area contributed by atoms with E-state index in [0.29, 0.717) is 11.4 Å². The Bertz CT molecular complexity index is 416. The fourth-order valence-corrected chi connectivity index (χ4v) is 2.30. The molecule has 0 spiro atoms. The van der Waals surface area contributed by atoms with Crippen LogP contribution >= 0.6 is 11.6 Å². The largest absolute Gasteiger partial charge is 0.480 e. The van der Waals surface area contributed by atoms with Crippen LogP contribution in [0.1, 0.15) is 25.0 Å². The van der Waals surface area contributed by atoms with Gasteiger partial charge in [0.05, 0.1) is 0 Å². The number of benzene rings is 1. The van der Waals surface area contributed by atoms with Crippen molar-refractivity contribution in [2.45, 2.75) is 33.2 Å². The quantitative estimate of drug-likeness (QED) is 0.863. The highest BCUT2D eigenvalue weighted by Crippen LogP contribution is 2.18. The topological polar surface area (TPSA) is 40.5 Å². The van der Waals surface area contributed by atoms with Crippen LogP contribution in [0.5, 0.6) is 0 Å². The van der Waals surface area contributed by atoms with Crippen LogP contribution in [0.2, 0.25) is 5.02 Å². The molecule has 0 unspecified atom stereocenters. The van der Waals surface area contributed by atoms with Gasteiger partial charge < -0.3 is 5.11 Å². The maximum Gasteiger partial charge on any atom is 0.321 e. The molecule has 0 radical (unpaired) electrons. The first-order chi connectivity index (χ1) is 8.49. The highest BCUT2D eigenvalue weighted by Gasteiger charge is 2.24. The first kappa shape index (κ1) is 15.0. The van der Waals surface area contributed by atoms with E-state index >= 15 is 0 Å². The highest BCUT2D eigenvalue weighted by atomic mass is 35.5. The molecule has 0 aliphatic rings. The Morgan fingerprint density at radius 2 is 2.00 bits per heavy atom. The van der Waals surface area contributed by atoms with Crippen LogP contribution in [-0.2, 0) is 11.2 Å². The smallest absolute Gasteiger partial charge is 0.321 e. The van der Waals surface area contributed by atoms with Gasteiger partial charge in [0.2, 0.25) is 0 Å². The molecule has 1 atom stereocenters. The highest BCUT2D eigenvalue weighted by molar-refractivity contribution is 6.30. The van der Waals surface area contributed by atoms with Gasteiger partial charge in [0.1, 0.15) is 6.04 Å². The second-order valence-electron chi connectivity index (χ2n) is 4.35. The molecule has 4 heteroatoms. The van der Waals surface area contributed by atoms with Crippen LogP contribution in [0, 0.1) is 6.92 Å². The summed E-state index contributed by atoms with van der Waals surface area (Å²) in [5.74, 6) is -0.780. The third-order valence-corrected chi connectivity index (χ3v) is 3.50. The van der Waals surface area contributed by atoms with Crippen LogP contribution in [0.3, 0.4) is 0 Å². The van der Waals surface area contributed by atoms with Gasteiger partial charge in [0.15, 0.2) is 0 Å². The molecule has 100 valence electrons. The molecule has 0 aromatic heterocycles. The molecule has 1 rings (SSSR count). The van der Waals surface area contributed by atoms with Crippen molar-refractivity contribution >= 4 is 17.6 Å². The van der Waals surface area contributed by atoms with Crippen molar-refractivity contribution in [2.24, 2.45) is 0 Å². The molecule has 1 aromatic rings. The number of halogens is 1. The van der Waals surface area contributed by atoms with Gasteiger partial charge in [-0.2, -0.15) is 0 Å². The molecule has 0 amide bonds. The molecule has 18 heavy (non-hydrogen) atoms. The predicted molar refractivity (Wildman–Crippen MR) is 74.2 cm³/mol. The predicted octanol–water partition coefficient (Wildman–Crippen LogP) is 2.99. The first-order valence-electron chi connectivity index (χ1n) is 6.21. The van der Waals surface area contributed by atoms with Gasteiger partial charge in [-0.3, -0.25) is 9.69 Å². The molecule has 0 fully saturated rings. The second kappa shape index (κ2) is 6.76. The number of carboxylic acids is 1. The lowest BCUT2D eigenvalue weighted by atomic mass is 10.00. The van der Waals surface area contributed by atoms with E-state index in [-0.39, 0.29) is 0 Å². The summed E-state index contributed by atoms with van der Waals surface area (Å²) in [4.78, 5) is 13.3. The van der Waals surface area contributed by atoms with E-state index in [2.05, 4.69) is 0 Å². The average molecular weight is 270 g/mol. The van der Waals surface area contributed by atoms with E-state index < -0.39 is 12.0 Å². The fourth-order valence-electron chi connectivity index (χ4n) is 2.11. The van der Waals surface area contributed by atoms with Crippen molar-refractivity contribution in [1.29, 1.82) is 0 Å². The van der Waals surface area contributed by atoms with Gasteiger partial charge in [-0.05, 0) is 49.7 Å². The van der Waals surface area contributed by atoms with Crippen molar-refractivity contribution in [3.63, 3.8) is 0 Å². The lowest BCUT2D eigenvalue weighted by Crippen LogP contribution is -2.42. The third kappa shape index (κ3) is 3.72. The lowest BCUT2D eigenvalue weighted by Gasteiger charge is -2.26. The standard InChI is InChI=1S/C14H20ClNO2/c1-4-16(5-2)13(14(17)18)9-11-8-12(15)7-6-10(11)3/h6-8,13H,4-5,9H2,1-3H3,(H,17,18)/t13-/m1/s1. The number of carbonyl (C=O) groups is 1. The molecule has 0 saturated heterocycles. The number of hydrogen-bond donors (Lipinski definition) is 1. The Hall–Kier alpha value is -1.06. The maximum atomic E-state index is 11.4. The Kier molecular flexibility index (Phi) is 5.63. The van der Waals surface area contributed by atoms with Gasteiger partial charge in [0, 0.05) is 5.02 Å². The number of carboxylic acid groups (broad SMARTS) is 1. The summed E-state index contributed by atoms with van der Waals surface area (Å²) in [6.07, 6.45) is 0.489. The lowest BCUT2D eigenvalue weighted by molar-refractivity contribution is -0.143. The molecule has 3 nitrogen and oxygen atoms in total. The van der Waals surface area contributed by atoms with E-state index in [9.17, 15) is 9.90 Å². The van der Waals surface area contributed by atoms with Gasteiger partial charge in [-0.1, -0.05) is 31.5 Å². The molecule has 0 bridgehead atoms. The van der Waals surface area contributed by atoms with Crippen molar-refractivity contribution in [3.8, 4) is 0 Å². The SMILES string of the molecule is CCN(CC)[C@H](Cc1cc(Cl)ccc1C)C(=O)O.